The van der Waals surface area contributed by atoms with Crippen LogP contribution in [0.25, 0.3) is 0 Å². The van der Waals surface area contributed by atoms with Gasteiger partial charge in [-0.05, 0) is 45.6 Å². The monoisotopic (exact) mass is 372 g/mol. The summed E-state index contributed by atoms with van der Waals surface area (Å²) in [6.07, 6.45) is 4.49. The van der Waals surface area contributed by atoms with Gasteiger partial charge in [-0.25, -0.2) is 0 Å². The summed E-state index contributed by atoms with van der Waals surface area (Å²) < 4.78 is 11.8. The number of benzene rings is 1. The maximum absolute atomic E-state index is 12.5. The minimum atomic E-state index is -0.241. The van der Waals surface area contributed by atoms with Gasteiger partial charge in [0.05, 0.1) is 0 Å². The smallest absolute Gasteiger partial charge is 0.260 e. The Morgan fingerprint density at radius 1 is 1.22 bits per heavy atom. The molecule has 1 N–H and O–H groups in total. The molecule has 2 aliphatic heterocycles. The Labute approximate surface area is 160 Å². The highest BCUT2D eigenvalue weighted by molar-refractivity contribution is 5.81. The van der Waals surface area contributed by atoms with Crippen molar-refractivity contribution < 1.29 is 19.1 Å². The number of carbonyl (C=O) groups excluding carboxylic acids is 2. The highest BCUT2D eigenvalue weighted by Crippen LogP contribution is 2.41. The Hall–Kier alpha value is -2.24. The number of nitrogens with zero attached hydrogens (tertiary/aromatic N) is 1. The lowest BCUT2D eigenvalue weighted by atomic mass is 9.96. The lowest BCUT2D eigenvalue weighted by Gasteiger charge is -2.31. The number of piperidine rings is 1. The summed E-state index contributed by atoms with van der Waals surface area (Å²) in [6.45, 7) is 5.32. The summed E-state index contributed by atoms with van der Waals surface area (Å²) in [5.74, 6) is 1.53. The Morgan fingerprint density at radius 3 is 2.67 bits per heavy atom. The molecule has 1 saturated carbocycles. The largest absolute Gasteiger partial charge is 0.483 e. The van der Waals surface area contributed by atoms with Crippen LogP contribution in [0.5, 0.6) is 11.5 Å². The predicted octanol–water partition coefficient (Wildman–Crippen LogP) is 2.30. The van der Waals surface area contributed by atoms with Crippen LogP contribution in [-0.2, 0) is 16.0 Å². The number of para-hydroxylation sites is 1. The van der Waals surface area contributed by atoms with E-state index >= 15 is 0 Å². The number of rotatable bonds is 5. The van der Waals surface area contributed by atoms with E-state index in [0.29, 0.717) is 24.9 Å². The first-order chi connectivity index (χ1) is 12.9. The lowest BCUT2D eigenvalue weighted by molar-refractivity contribution is -0.137. The minimum absolute atomic E-state index is 0.000814. The summed E-state index contributed by atoms with van der Waals surface area (Å²) in [4.78, 5) is 26.5. The van der Waals surface area contributed by atoms with Crippen LogP contribution >= 0.6 is 0 Å². The first-order valence-corrected chi connectivity index (χ1v) is 9.93. The molecule has 1 saturated heterocycles. The van der Waals surface area contributed by atoms with Crippen LogP contribution in [0.3, 0.4) is 0 Å². The molecule has 0 aromatic heterocycles. The Balaban J connectivity index is 1.27. The first kappa shape index (κ1) is 18.1. The number of nitrogens with one attached hydrogen (secondary N) is 1. The van der Waals surface area contributed by atoms with Crippen LogP contribution in [0.4, 0.5) is 0 Å². The van der Waals surface area contributed by atoms with Crippen molar-refractivity contribution in [2.75, 3.05) is 19.7 Å². The van der Waals surface area contributed by atoms with Crippen molar-refractivity contribution in [3.05, 3.63) is 23.8 Å². The van der Waals surface area contributed by atoms with E-state index in [9.17, 15) is 9.59 Å². The molecule has 0 unspecified atom stereocenters. The molecule has 0 radical (unpaired) electrons. The molecule has 1 aliphatic carbocycles. The number of fused-ring (bicyclic) bond motifs is 1. The fraction of sp³-hybridized carbons (Fsp3) is 0.619. The van der Waals surface area contributed by atoms with Gasteiger partial charge in [-0.2, -0.15) is 0 Å². The number of ether oxygens (including phenoxy) is 2. The van der Waals surface area contributed by atoms with Crippen LogP contribution in [0.2, 0.25) is 0 Å². The molecule has 1 aromatic rings. The molecule has 6 heteroatoms. The van der Waals surface area contributed by atoms with E-state index in [4.69, 9.17) is 9.47 Å². The van der Waals surface area contributed by atoms with E-state index in [-0.39, 0.29) is 29.9 Å². The normalized spacial score (nSPS) is 21.3. The molecule has 2 heterocycles. The fourth-order valence-electron chi connectivity index (χ4n) is 3.87. The van der Waals surface area contributed by atoms with Crippen molar-refractivity contribution in [1.29, 1.82) is 0 Å². The van der Waals surface area contributed by atoms with Gasteiger partial charge in [0.1, 0.15) is 5.60 Å². The van der Waals surface area contributed by atoms with Gasteiger partial charge in [-0.3, -0.25) is 9.59 Å². The third-order valence-electron chi connectivity index (χ3n) is 5.55. The van der Waals surface area contributed by atoms with Crippen molar-refractivity contribution in [3.63, 3.8) is 0 Å². The van der Waals surface area contributed by atoms with Crippen LogP contribution < -0.4 is 14.8 Å². The molecule has 3 aliphatic rings. The molecule has 6 nitrogen and oxygen atoms in total. The van der Waals surface area contributed by atoms with Crippen LogP contribution in [0.15, 0.2) is 18.2 Å². The molecule has 146 valence electrons. The van der Waals surface area contributed by atoms with Gasteiger partial charge in [0.2, 0.25) is 5.91 Å². The lowest BCUT2D eigenvalue weighted by Crippen LogP contribution is -2.44. The average molecular weight is 372 g/mol. The number of carbonyl (C=O) groups is 2. The quantitative estimate of drug-likeness (QED) is 0.861. The number of amides is 2. The summed E-state index contributed by atoms with van der Waals surface area (Å²) in [5.41, 5.74) is 0.877. The van der Waals surface area contributed by atoms with Gasteiger partial charge in [0.25, 0.3) is 5.91 Å². The second kappa shape index (κ2) is 7.06. The van der Waals surface area contributed by atoms with E-state index in [0.717, 1.165) is 43.4 Å². The molecule has 0 spiro atoms. The minimum Gasteiger partial charge on any atom is -0.483 e. The zero-order valence-corrected chi connectivity index (χ0v) is 16.1. The highest BCUT2D eigenvalue weighted by Gasteiger charge is 2.33. The maximum Gasteiger partial charge on any atom is 0.260 e. The van der Waals surface area contributed by atoms with Crippen molar-refractivity contribution in [1.82, 2.24) is 10.2 Å². The maximum atomic E-state index is 12.5. The van der Waals surface area contributed by atoms with Crippen molar-refractivity contribution in [3.8, 4) is 11.5 Å². The van der Waals surface area contributed by atoms with E-state index in [1.165, 1.54) is 0 Å². The zero-order chi connectivity index (χ0) is 19.0. The summed E-state index contributed by atoms with van der Waals surface area (Å²) in [7, 11) is 0. The molecular formula is C21H28N2O4. The fourth-order valence-corrected chi connectivity index (χ4v) is 3.87. The van der Waals surface area contributed by atoms with Crippen LogP contribution in [0, 0.1) is 5.92 Å². The highest BCUT2D eigenvalue weighted by atomic mass is 16.5. The summed E-state index contributed by atoms with van der Waals surface area (Å²) in [6, 6.07) is 6.22. The van der Waals surface area contributed by atoms with Crippen molar-refractivity contribution in [2.45, 2.75) is 57.6 Å². The molecule has 0 atom stereocenters. The van der Waals surface area contributed by atoms with E-state index in [1.807, 2.05) is 32.0 Å². The van der Waals surface area contributed by atoms with E-state index in [1.54, 1.807) is 4.90 Å². The average Bonchev–Trinajstić information content (AvgIpc) is 3.39. The van der Waals surface area contributed by atoms with Gasteiger partial charge in [0.15, 0.2) is 18.1 Å². The van der Waals surface area contributed by atoms with Gasteiger partial charge in [-0.1, -0.05) is 12.1 Å². The van der Waals surface area contributed by atoms with Gasteiger partial charge < -0.3 is 19.7 Å². The predicted molar refractivity (Wildman–Crippen MR) is 101 cm³/mol. The van der Waals surface area contributed by atoms with Crippen LogP contribution in [0.1, 0.15) is 45.1 Å². The second-order valence-electron chi connectivity index (χ2n) is 8.51. The van der Waals surface area contributed by atoms with Crippen molar-refractivity contribution >= 4 is 11.8 Å². The molecule has 0 bridgehead atoms. The number of hydrogen-bond acceptors (Lipinski definition) is 4. The van der Waals surface area contributed by atoms with Gasteiger partial charge in [-0.15, -0.1) is 0 Å². The molecule has 2 fully saturated rings. The van der Waals surface area contributed by atoms with Gasteiger partial charge in [0, 0.05) is 37.0 Å². The Bertz CT molecular complexity index is 734. The summed E-state index contributed by atoms with van der Waals surface area (Å²) in [5, 5.41) is 3.06. The first-order valence-electron chi connectivity index (χ1n) is 9.93. The SMILES string of the molecule is CC1(C)Cc2cccc(OCC(=O)N3CCC(C(=O)NC4CC4)CC3)c2O1. The van der Waals surface area contributed by atoms with E-state index < -0.39 is 0 Å². The Morgan fingerprint density at radius 2 is 1.96 bits per heavy atom. The topological polar surface area (TPSA) is 67.9 Å². The zero-order valence-electron chi connectivity index (χ0n) is 16.1. The van der Waals surface area contributed by atoms with Crippen molar-refractivity contribution in [2.24, 2.45) is 5.92 Å². The standard InChI is InChI=1S/C21H28N2O4/c1-21(2)12-15-4-3-5-17(19(15)27-21)26-13-18(24)23-10-8-14(9-11-23)20(25)22-16-6-7-16/h3-5,14,16H,6-13H2,1-2H3,(H,22,25). The third-order valence-corrected chi connectivity index (χ3v) is 5.55. The molecule has 27 heavy (non-hydrogen) atoms. The van der Waals surface area contributed by atoms with E-state index in [2.05, 4.69) is 5.32 Å². The number of likely N-dealkylation sites (tertiary alicyclic amines) is 1. The second-order valence-corrected chi connectivity index (χ2v) is 8.51. The van der Waals surface area contributed by atoms with Gasteiger partial charge >= 0.3 is 0 Å². The molecular weight excluding hydrogens is 344 g/mol. The Kier molecular flexibility index (Phi) is 4.74. The molecule has 4 rings (SSSR count). The summed E-state index contributed by atoms with van der Waals surface area (Å²) >= 11 is 0. The molecule has 1 aromatic carbocycles. The molecule has 2 amide bonds. The van der Waals surface area contributed by atoms with Crippen LogP contribution in [-0.4, -0.2) is 48.1 Å². The number of hydrogen-bond donors (Lipinski definition) is 1. The third kappa shape index (κ3) is 4.20.